The molecule has 0 rings (SSSR count). The summed E-state index contributed by atoms with van der Waals surface area (Å²) in [5, 5.41) is 8.97. The molecule has 0 aromatic heterocycles. The molecule has 46 heavy (non-hydrogen) atoms. The van der Waals surface area contributed by atoms with E-state index in [2.05, 4.69) is 48.9 Å². The molecule has 264 valence electrons. The fraction of sp³-hybridized carbons (Fsp3) is 0.706. The first-order valence-electron chi connectivity index (χ1n) is 16.1. The molecule has 0 aromatic rings. The van der Waals surface area contributed by atoms with Crippen LogP contribution < -0.4 is 16.0 Å². The van der Waals surface area contributed by atoms with Crippen molar-refractivity contribution in [3.8, 4) is 0 Å². The predicted molar refractivity (Wildman–Crippen MR) is 191 cm³/mol. The molecule has 0 aliphatic rings. The summed E-state index contributed by atoms with van der Waals surface area (Å²) in [6.45, 7) is 12.6. The maximum absolute atomic E-state index is 12.7. The molecule has 0 aromatic carbocycles. The number of nitrogens with one attached hydrogen (secondary N) is 3. The van der Waals surface area contributed by atoms with E-state index in [0.717, 1.165) is 43.8 Å². The van der Waals surface area contributed by atoms with Crippen molar-refractivity contribution in [2.24, 2.45) is 11.8 Å². The van der Waals surface area contributed by atoms with Crippen LogP contribution in [0.3, 0.4) is 0 Å². The van der Waals surface area contributed by atoms with Crippen LogP contribution >= 0.6 is 19.1 Å². The lowest BCUT2D eigenvalue weighted by atomic mass is 9.99. The molecule has 4 unspecified atom stereocenters. The molecule has 0 spiro atoms. The second kappa shape index (κ2) is 25.2. The Morgan fingerprint density at radius 2 is 1.41 bits per heavy atom. The lowest BCUT2D eigenvalue weighted by Gasteiger charge is -2.26. The Hall–Kier alpha value is -1.88. The third kappa shape index (κ3) is 21.1. The maximum Gasteiger partial charge on any atom is 0.221 e. The number of ether oxygens (including phenoxy) is 1. The Bertz CT molecular complexity index is 1060. The van der Waals surface area contributed by atoms with E-state index < -0.39 is 31.4 Å². The van der Waals surface area contributed by atoms with Crippen molar-refractivity contribution in [2.75, 3.05) is 38.8 Å². The number of amides is 1. The number of carbonyl (C=O) groups is 4. The minimum atomic E-state index is -3.56. The number of carbonyl (C=O) groups excluding carboxylic acids is 4. The second-order valence-corrected chi connectivity index (χ2v) is 16.0. The average molecular weight is 686 g/mol. The molecule has 0 saturated carbocycles. The van der Waals surface area contributed by atoms with Crippen LogP contribution in [-0.2, 0) is 28.5 Å². The molecule has 0 bridgehead atoms. The third-order valence-electron chi connectivity index (χ3n) is 7.90. The molecule has 0 aliphatic heterocycles. The highest BCUT2D eigenvalue weighted by Gasteiger charge is 2.25. The molecule has 12 heteroatoms. The standard InChI is InChI=1S/C34H60N3O7PS/c1-25(2)11-9-12-26(3)13-10-14-27(4)15-17-45(42,43)18-16-33(41)37-32(24-40)29(6)21-36-31(23-39)28(5)20-35-30(22-38)19-34(44-7)46-8/h11,13,15,22-24,28-32,34-36H,9-10,12,14,16-21H2,1-8H3,(H,37,41)(H,42,43)/b26-13+,27-15+/t28?,29?,30-,31+,32+,34?/m0/s1. The van der Waals surface area contributed by atoms with Crippen LogP contribution in [0.15, 0.2) is 34.9 Å². The summed E-state index contributed by atoms with van der Waals surface area (Å²) in [5.41, 5.74) is 3.57. The van der Waals surface area contributed by atoms with Crippen molar-refractivity contribution in [1.29, 1.82) is 0 Å². The molecular weight excluding hydrogens is 625 g/mol. The first-order valence-corrected chi connectivity index (χ1v) is 19.5. The number of allylic oxidation sites excluding steroid dienone is 6. The van der Waals surface area contributed by atoms with E-state index in [-0.39, 0.29) is 42.6 Å². The van der Waals surface area contributed by atoms with Gasteiger partial charge in [0.1, 0.15) is 24.3 Å². The van der Waals surface area contributed by atoms with Crippen molar-refractivity contribution < 1.29 is 33.4 Å². The average Bonchev–Trinajstić information content (AvgIpc) is 3.01. The molecule has 10 nitrogen and oxygen atoms in total. The van der Waals surface area contributed by atoms with Crippen LogP contribution in [0, 0.1) is 11.8 Å². The van der Waals surface area contributed by atoms with Crippen LogP contribution in [0.4, 0.5) is 0 Å². The van der Waals surface area contributed by atoms with Gasteiger partial charge < -0.3 is 40.0 Å². The zero-order valence-electron chi connectivity index (χ0n) is 29.3. The highest BCUT2D eigenvalue weighted by Crippen LogP contribution is 2.41. The Morgan fingerprint density at radius 1 is 0.848 bits per heavy atom. The zero-order chi connectivity index (χ0) is 35.1. The van der Waals surface area contributed by atoms with Gasteiger partial charge in [0, 0.05) is 45.4 Å². The van der Waals surface area contributed by atoms with Crippen molar-refractivity contribution >= 4 is 43.9 Å². The molecule has 0 heterocycles. The molecule has 0 saturated heterocycles. The lowest BCUT2D eigenvalue weighted by molar-refractivity contribution is -0.124. The highest BCUT2D eigenvalue weighted by atomic mass is 32.2. The summed E-state index contributed by atoms with van der Waals surface area (Å²) in [7, 11) is -1.96. The number of hydrogen-bond acceptors (Lipinski definition) is 9. The zero-order valence-corrected chi connectivity index (χ0v) is 31.0. The minimum absolute atomic E-state index is 0.00502. The smallest absolute Gasteiger partial charge is 0.221 e. The number of aldehydes is 3. The quantitative estimate of drug-likeness (QED) is 0.0400. The van der Waals surface area contributed by atoms with Gasteiger partial charge in [-0.15, -0.1) is 11.8 Å². The van der Waals surface area contributed by atoms with Gasteiger partial charge in [0.05, 0.1) is 18.1 Å². The number of thioether (sulfide) groups is 1. The first kappa shape index (κ1) is 44.1. The van der Waals surface area contributed by atoms with Crippen LogP contribution in [0.25, 0.3) is 0 Å². The van der Waals surface area contributed by atoms with E-state index in [9.17, 15) is 28.6 Å². The van der Waals surface area contributed by atoms with Gasteiger partial charge in [0.25, 0.3) is 0 Å². The molecular formula is C34H60N3O7PS. The fourth-order valence-electron chi connectivity index (χ4n) is 4.55. The number of methoxy groups -OCH3 is 1. The summed E-state index contributed by atoms with van der Waals surface area (Å²) in [6, 6.07) is -1.76. The van der Waals surface area contributed by atoms with E-state index in [0.29, 0.717) is 19.3 Å². The third-order valence-corrected chi connectivity index (χ3v) is 10.5. The van der Waals surface area contributed by atoms with Gasteiger partial charge in [0.2, 0.25) is 13.3 Å². The second-order valence-electron chi connectivity index (χ2n) is 12.5. The Morgan fingerprint density at radius 3 is 1.96 bits per heavy atom. The maximum atomic E-state index is 12.7. The highest BCUT2D eigenvalue weighted by molar-refractivity contribution is 7.99. The Labute approximate surface area is 281 Å². The van der Waals surface area contributed by atoms with Gasteiger partial charge in [-0.3, -0.25) is 9.36 Å². The Balaban J connectivity index is 4.72. The van der Waals surface area contributed by atoms with Gasteiger partial charge in [0.15, 0.2) is 0 Å². The normalized spacial score (nSPS) is 17.5. The number of hydrogen-bond donors (Lipinski definition) is 4. The summed E-state index contributed by atoms with van der Waals surface area (Å²) in [6.07, 6.45) is 14.3. The van der Waals surface area contributed by atoms with Gasteiger partial charge in [-0.1, -0.05) is 48.8 Å². The minimum Gasteiger partial charge on any atom is -0.371 e. The van der Waals surface area contributed by atoms with Gasteiger partial charge in [-0.25, -0.2) is 0 Å². The van der Waals surface area contributed by atoms with E-state index in [4.69, 9.17) is 4.74 Å². The summed E-state index contributed by atoms with van der Waals surface area (Å²) < 4.78 is 18.0. The van der Waals surface area contributed by atoms with Crippen LogP contribution in [0.1, 0.15) is 80.1 Å². The Kier molecular flexibility index (Phi) is 24.1. The number of rotatable bonds is 27. The van der Waals surface area contributed by atoms with Crippen molar-refractivity contribution in [3.05, 3.63) is 34.9 Å². The van der Waals surface area contributed by atoms with Gasteiger partial charge in [-0.05, 0) is 71.5 Å². The van der Waals surface area contributed by atoms with E-state index >= 15 is 0 Å². The molecule has 0 aliphatic carbocycles. The van der Waals surface area contributed by atoms with Crippen molar-refractivity contribution in [3.63, 3.8) is 0 Å². The first-order chi connectivity index (χ1) is 21.7. The van der Waals surface area contributed by atoms with Gasteiger partial charge in [-0.2, -0.15) is 0 Å². The monoisotopic (exact) mass is 685 g/mol. The molecule has 1 amide bonds. The van der Waals surface area contributed by atoms with E-state index in [1.807, 2.05) is 20.1 Å². The summed E-state index contributed by atoms with van der Waals surface area (Å²) in [4.78, 5) is 58.0. The van der Waals surface area contributed by atoms with Crippen molar-refractivity contribution in [1.82, 2.24) is 16.0 Å². The SMILES string of the molecule is COC(C[C@@H](C=O)NCC(C)[C@@H](C=O)NCC(C)[C@@H](C=O)NC(=O)CCP(=O)(O)C/C=C(\C)CC/C=C(\C)CCC=C(C)C)SC. The van der Waals surface area contributed by atoms with Crippen LogP contribution in [0.5, 0.6) is 0 Å². The van der Waals surface area contributed by atoms with Crippen LogP contribution in [-0.4, -0.2) is 92.0 Å². The van der Waals surface area contributed by atoms with E-state index in [1.165, 1.54) is 22.9 Å². The van der Waals surface area contributed by atoms with Crippen LogP contribution in [0.2, 0.25) is 0 Å². The largest absolute Gasteiger partial charge is 0.371 e. The lowest BCUT2D eigenvalue weighted by Crippen LogP contribution is -2.49. The molecule has 7 atom stereocenters. The van der Waals surface area contributed by atoms with Crippen molar-refractivity contribution in [2.45, 2.75) is 104 Å². The molecule has 4 N–H and O–H groups in total. The molecule has 0 radical (unpaired) electrons. The van der Waals surface area contributed by atoms with E-state index in [1.54, 1.807) is 20.1 Å². The summed E-state index contributed by atoms with van der Waals surface area (Å²) in [5.74, 6) is -0.967. The van der Waals surface area contributed by atoms with Gasteiger partial charge >= 0.3 is 0 Å². The summed E-state index contributed by atoms with van der Waals surface area (Å²) >= 11 is 1.51. The predicted octanol–water partition coefficient (Wildman–Crippen LogP) is 5.06. The topological polar surface area (TPSA) is 151 Å². The molecule has 0 fully saturated rings. The fourth-order valence-corrected chi connectivity index (χ4v) is 6.48.